The van der Waals surface area contributed by atoms with Crippen LogP contribution in [0.5, 0.6) is 5.75 Å². The van der Waals surface area contributed by atoms with Gasteiger partial charge in [-0.3, -0.25) is 19.5 Å². The molecule has 15 heteroatoms. The minimum absolute atomic E-state index is 0.00369. The van der Waals surface area contributed by atoms with E-state index in [0.717, 1.165) is 44.0 Å². The lowest BCUT2D eigenvalue weighted by atomic mass is 10.0. The third-order valence-electron chi connectivity index (χ3n) is 8.30. The number of morpholine rings is 1. The second kappa shape index (κ2) is 13.6. The van der Waals surface area contributed by atoms with Crippen LogP contribution in [-0.2, 0) is 14.3 Å². The van der Waals surface area contributed by atoms with E-state index in [1.54, 1.807) is 46.8 Å². The topological polar surface area (TPSA) is 114 Å². The van der Waals surface area contributed by atoms with Crippen LogP contribution in [-0.4, -0.2) is 109 Å². The summed E-state index contributed by atoms with van der Waals surface area (Å²) in [7, 11) is 0. The zero-order valence-electron chi connectivity index (χ0n) is 24.4. The maximum absolute atomic E-state index is 13.5. The number of rotatable bonds is 9. The molecule has 0 aromatic heterocycles. The smallest absolute Gasteiger partial charge is 0.387 e. The minimum Gasteiger partial charge on any atom is -0.434 e. The van der Waals surface area contributed by atoms with Crippen LogP contribution in [0.4, 0.5) is 8.78 Å². The first-order valence-electron chi connectivity index (χ1n) is 14.6. The fourth-order valence-electron chi connectivity index (χ4n) is 6.05. The Hall–Kier alpha value is -3.50. The summed E-state index contributed by atoms with van der Waals surface area (Å²) in [5.74, 6) is 0.000757. The second-order valence-electron chi connectivity index (χ2n) is 10.9. The molecule has 0 spiro atoms. The predicted octanol–water partition coefficient (Wildman–Crippen LogP) is 1.78. The molecule has 1 aromatic carbocycles. The Labute approximate surface area is 258 Å². The van der Waals surface area contributed by atoms with Crippen molar-refractivity contribution in [3.05, 3.63) is 59.3 Å². The number of alkyl halides is 2. The third-order valence-corrected chi connectivity index (χ3v) is 9.03. The fourth-order valence-corrected chi connectivity index (χ4v) is 6.50. The van der Waals surface area contributed by atoms with E-state index in [4.69, 9.17) is 9.47 Å². The van der Waals surface area contributed by atoms with Gasteiger partial charge in [0.25, 0.3) is 5.91 Å². The summed E-state index contributed by atoms with van der Waals surface area (Å²) in [5.41, 5.74) is 7.56. The number of allylic oxidation sites excluding steroid dienone is 1. The number of piperidine rings is 1. The van der Waals surface area contributed by atoms with Crippen LogP contribution in [0.2, 0.25) is 0 Å². The lowest BCUT2D eigenvalue weighted by Gasteiger charge is -2.40. The third kappa shape index (κ3) is 6.76. The number of nitrogens with zero attached hydrogens (tertiary/aromatic N) is 5. The van der Waals surface area contributed by atoms with Crippen LogP contribution in [0.15, 0.2) is 63.7 Å². The van der Waals surface area contributed by atoms with Gasteiger partial charge in [0, 0.05) is 67.8 Å². The molecule has 0 bridgehead atoms. The molecule has 1 aromatic rings. The van der Waals surface area contributed by atoms with Crippen LogP contribution in [0.25, 0.3) is 0 Å². The molecule has 2 saturated heterocycles. The normalized spacial score (nSPS) is 22.6. The molecule has 44 heavy (non-hydrogen) atoms. The number of fused-ring (bicyclic) bond motifs is 1. The second-order valence-corrected chi connectivity index (χ2v) is 11.8. The number of halogens is 2. The van der Waals surface area contributed by atoms with Crippen LogP contribution in [0.3, 0.4) is 0 Å². The van der Waals surface area contributed by atoms with Crippen molar-refractivity contribution >= 4 is 29.8 Å². The van der Waals surface area contributed by atoms with E-state index >= 15 is 0 Å². The number of hydrogen-bond acceptors (Lipinski definition) is 11. The Bertz CT molecular complexity index is 1370. The van der Waals surface area contributed by atoms with Gasteiger partial charge >= 0.3 is 6.61 Å². The van der Waals surface area contributed by atoms with Gasteiger partial charge in [-0.1, -0.05) is 0 Å². The molecule has 1 unspecified atom stereocenters. The molecule has 0 aliphatic carbocycles. The van der Waals surface area contributed by atoms with Crippen LogP contribution in [0.1, 0.15) is 24.4 Å². The first kappa shape index (κ1) is 30.5. The predicted molar refractivity (Wildman–Crippen MR) is 160 cm³/mol. The van der Waals surface area contributed by atoms with E-state index in [1.165, 1.54) is 17.8 Å². The summed E-state index contributed by atoms with van der Waals surface area (Å²) in [6.07, 6.45) is 10.4. The number of nitrogens with one attached hydrogen (secondary N) is 3. The van der Waals surface area contributed by atoms with Crippen molar-refractivity contribution in [2.24, 2.45) is 4.99 Å². The Morgan fingerprint density at radius 1 is 1.20 bits per heavy atom. The number of aliphatic imine (C=N–C) groups is 1. The number of hydrogen-bond donors (Lipinski definition) is 3. The number of amides is 2. The van der Waals surface area contributed by atoms with Crippen LogP contribution in [0, 0.1) is 0 Å². The summed E-state index contributed by atoms with van der Waals surface area (Å²) in [6.45, 7) is 1.87. The first-order valence-corrected chi connectivity index (χ1v) is 15.9. The minimum atomic E-state index is -3.03. The van der Waals surface area contributed by atoms with Gasteiger partial charge < -0.3 is 24.7 Å². The lowest BCUT2D eigenvalue weighted by Crippen LogP contribution is -2.51. The van der Waals surface area contributed by atoms with E-state index in [0.29, 0.717) is 41.8 Å². The molecule has 236 valence electrons. The number of carbonyl (C=O) groups excluding carboxylic acids is 2. The van der Waals surface area contributed by atoms with E-state index in [2.05, 4.69) is 26.1 Å². The highest BCUT2D eigenvalue weighted by Crippen LogP contribution is 2.36. The molecule has 5 heterocycles. The zero-order valence-corrected chi connectivity index (χ0v) is 25.2. The maximum Gasteiger partial charge on any atom is 0.387 e. The number of carbonyl (C=O) groups is 2. The van der Waals surface area contributed by atoms with Crippen molar-refractivity contribution < 1.29 is 27.8 Å². The van der Waals surface area contributed by atoms with Crippen molar-refractivity contribution in [1.82, 2.24) is 36.0 Å². The largest absolute Gasteiger partial charge is 0.434 e. The monoisotopic (exact) mass is 630 g/mol. The van der Waals surface area contributed by atoms with Crippen LogP contribution >= 0.6 is 11.8 Å². The molecule has 12 nitrogen and oxygen atoms in total. The average molecular weight is 631 g/mol. The van der Waals surface area contributed by atoms with Crippen molar-refractivity contribution in [1.29, 1.82) is 0 Å². The summed E-state index contributed by atoms with van der Waals surface area (Å²) < 4.78 is 37.2. The van der Waals surface area contributed by atoms with Crippen molar-refractivity contribution in [2.75, 3.05) is 58.7 Å². The molecule has 0 saturated carbocycles. The summed E-state index contributed by atoms with van der Waals surface area (Å²) in [6, 6.07) is 4.62. The summed E-state index contributed by atoms with van der Waals surface area (Å²) >= 11 is 1.45. The maximum atomic E-state index is 13.5. The molecule has 2 amide bonds. The first-order chi connectivity index (χ1) is 21.4. The average Bonchev–Trinajstić information content (AvgIpc) is 3.65. The Kier molecular flexibility index (Phi) is 9.47. The highest BCUT2D eigenvalue weighted by atomic mass is 32.2. The number of ether oxygens (including phenoxy) is 2. The molecule has 2 fully saturated rings. The standard InChI is InChI=1S/C29H36F2N8O4S/c1-44-20-3-4-24(43-29(30)31)21(15-20)26-23(34-28(41)22-16-33-39-8-2-7-32-27(22)39)17-38(35-26)18-25(40)37-9-5-19(6-10-37)36-11-13-42-14-12-36/h2-4,7-8,15,17,19,26,29,33,35H,5-6,9-14,16,18H2,1H3,(H,34,41). The van der Waals surface area contributed by atoms with E-state index in [9.17, 15) is 18.4 Å². The van der Waals surface area contributed by atoms with Gasteiger partial charge in [-0.2, -0.15) is 8.78 Å². The highest BCUT2D eigenvalue weighted by molar-refractivity contribution is 7.98. The van der Waals surface area contributed by atoms with Gasteiger partial charge in [0.15, 0.2) is 5.82 Å². The molecular formula is C29H36F2N8O4S. The van der Waals surface area contributed by atoms with E-state index in [1.807, 2.05) is 11.2 Å². The Balaban J connectivity index is 1.20. The molecule has 5 aliphatic rings. The quantitative estimate of drug-likeness (QED) is 0.349. The SMILES string of the molecule is CSc1ccc(OC(F)F)c(C2NN(CC(=O)N3CCC(N4CCOCC4)CC3)C=C2NC(=O)C2=C3N=CC=CN3NC2)c1. The highest BCUT2D eigenvalue weighted by Gasteiger charge is 2.35. The zero-order chi connectivity index (χ0) is 30.6. The Morgan fingerprint density at radius 2 is 2.00 bits per heavy atom. The van der Waals surface area contributed by atoms with Gasteiger partial charge in [0.05, 0.1) is 30.5 Å². The molecule has 0 radical (unpaired) electrons. The molecular weight excluding hydrogens is 594 g/mol. The van der Waals surface area contributed by atoms with Gasteiger partial charge in [0.1, 0.15) is 12.3 Å². The van der Waals surface area contributed by atoms with E-state index in [-0.39, 0.29) is 24.7 Å². The van der Waals surface area contributed by atoms with Crippen molar-refractivity contribution in [2.45, 2.75) is 36.4 Å². The number of likely N-dealkylation sites (tertiary alicyclic amines) is 1. The van der Waals surface area contributed by atoms with E-state index < -0.39 is 18.6 Å². The Morgan fingerprint density at radius 3 is 2.75 bits per heavy atom. The van der Waals surface area contributed by atoms with Crippen molar-refractivity contribution in [3.63, 3.8) is 0 Å². The van der Waals surface area contributed by atoms with Gasteiger partial charge in [-0.15, -0.1) is 11.8 Å². The van der Waals surface area contributed by atoms with Crippen molar-refractivity contribution in [3.8, 4) is 5.75 Å². The fraction of sp³-hybridized carbons (Fsp3) is 0.483. The number of thioether (sulfide) groups is 1. The summed E-state index contributed by atoms with van der Waals surface area (Å²) in [4.78, 5) is 36.4. The molecule has 3 N–H and O–H groups in total. The summed E-state index contributed by atoms with van der Waals surface area (Å²) in [5, 5.41) is 6.22. The molecule has 5 aliphatic heterocycles. The lowest BCUT2D eigenvalue weighted by molar-refractivity contribution is -0.134. The van der Waals surface area contributed by atoms with Gasteiger partial charge in [0.2, 0.25) is 5.91 Å². The number of benzene rings is 1. The number of hydrazine groups is 2. The van der Waals surface area contributed by atoms with Gasteiger partial charge in [-0.25, -0.2) is 15.8 Å². The molecule has 6 rings (SSSR count). The molecule has 1 atom stereocenters. The van der Waals surface area contributed by atoms with Gasteiger partial charge in [-0.05, 0) is 43.4 Å². The van der Waals surface area contributed by atoms with Crippen LogP contribution < -0.4 is 20.9 Å².